The number of hydrogen-bond acceptors (Lipinski definition) is 2. The molecule has 1 aromatic rings. The second-order valence-electron chi connectivity index (χ2n) is 4.67. The third kappa shape index (κ3) is 3.28. The number of nitrogens with zero attached hydrogens (tertiary/aromatic N) is 2. The van der Waals surface area contributed by atoms with E-state index in [1.165, 1.54) is 0 Å². The first-order valence-corrected chi connectivity index (χ1v) is 6.84. The van der Waals surface area contributed by atoms with Gasteiger partial charge in [0.05, 0.1) is 0 Å². The van der Waals surface area contributed by atoms with Crippen LogP contribution in [0, 0.1) is 5.92 Å². The minimum atomic E-state index is 0.164. The van der Waals surface area contributed by atoms with Crippen molar-refractivity contribution in [3.8, 4) is 0 Å². The van der Waals surface area contributed by atoms with Crippen molar-refractivity contribution in [3.05, 3.63) is 28.5 Å². The number of aromatic nitrogens is 1. The first-order valence-electron chi connectivity index (χ1n) is 6.05. The number of carbonyl (C=O) groups excluding carboxylic acids is 1. The topological polar surface area (TPSA) is 33.2 Å². The zero-order valence-electron chi connectivity index (χ0n) is 10.0. The minimum Gasteiger partial charge on any atom is -0.338 e. The van der Waals surface area contributed by atoms with E-state index in [0.717, 1.165) is 35.8 Å². The molecule has 1 atom stereocenters. The summed E-state index contributed by atoms with van der Waals surface area (Å²) >= 11 is 3.40. The van der Waals surface area contributed by atoms with E-state index in [2.05, 4.69) is 20.9 Å². The largest absolute Gasteiger partial charge is 0.338 e. The quantitative estimate of drug-likeness (QED) is 0.841. The first-order chi connectivity index (χ1) is 8.16. The molecule has 2 heterocycles. The molecular formula is C13H17BrN2O. The molecule has 0 aromatic carbocycles. The van der Waals surface area contributed by atoms with E-state index < -0.39 is 0 Å². The van der Waals surface area contributed by atoms with E-state index in [4.69, 9.17) is 0 Å². The molecular weight excluding hydrogens is 280 g/mol. The van der Waals surface area contributed by atoms with Crippen LogP contribution < -0.4 is 0 Å². The zero-order valence-corrected chi connectivity index (χ0v) is 11.6. The summed E-state index contributed by atoms with van der Waals surface area (Å²) in [7, 11) is 0. The number of likely N-dealkylation sites (tertiary alicyclic amines) is 1. The summed E-state index contributed by atoms with van der Waals surface area (Å²) < 4.78 is 0.963. The van der Waals surface area contributed by atoms with Crippen LogP contribution in [0.15, 0.2) is 22.9 Å². The van der Waals surface area contributed by atoms with Gasteiger partial charge in [0.1, 0.15) is 0 Å². The molecule has 0 radical (unpaired) electrons. The molecule has 4 heteroatoms. The van der Waals surface area contributed by atoms with Crippen LogP contribution in [0.1, 0.15) is 31.7 Å². The van der Waals surface area contributed by atoms with Crippen LogP contribution in [0.25, 0.3) is 0 Å². The highest BCUT2D eigenvalue weighted by Crippen LogP contribution is 2.20. The van der Waals surface area contributed by atoms with E-state index in [0.29, 0.717) is 6.54 Å². The predicted octanol–water partition coefficient (Wildman–Crippen LogP) is 2.99. The summed E-state index contributed by atoms with van der Waals surface area (Å²) in [6.45, 7) is 3.57. The number of hydrogen-bond donors (Lipinski definition) is 0. The smallest absolute Gasteiger partial charge is 0.225 e. The van der Waals surface area contributed by atoms with E-state index in [1.807, 2.05) is 24.1 Å². The summed E-state index contributed by atoms with van der Waals surface area (Å²) in [4.78, 5) is 18.2. The average molecular weight is 297 g/mol. The van der Waals surface area contributed by atoms with Gasteiger partial charge < -0.3 is 4.90 Å². The summed E-state index contributed by atoms with van der Waals surface area (Å²) in [5, 5.41) is 0. The fourth-order valence-electron chi connectivity index (χ4n) is 2.22. The number of rotatable bonds is 2. The van der Waals surface area contributed by atoms with Gasteiger partial charge in [-0.2, -0.15) is 0 Å². The molecule has 1 aliphatic rings. The van der Waals surface area contributed by atoms with Crippen LogP contribution in [-0.4, -0.2) is 22.3 Å². The molecule has 0 saturated carbocycles. The van der Waals surface area contributed by atoms with Crippen LogP contribution in [0.5, 0.6) is 0 Å². The maximum atomic E-state index is 12.1. The molecule has 1 amide bonds. The highest BCUT2D eigenvalue weighted by molar-refractivity contribution is 9.10. The third-order valence-electron chi connectivity index (χ3n) is 3.18. The van der Waals surface area contributed by atoms with Crippen molar-refractivity contribution in [1.29, 1.82) is 0 Å². The summed E-state index contributed by atoms with van der Waals surface area (Å²) in [5.74, 6) is 0.445. The Balaban J connectivity index is 2.08. The van der Waals surface area contributed by atoms with Gasteiger partial charge >= 0.3 is 0 Å². The summed E-state index contributed by atoms with van der Waals surface area (Å²) in [5.41, 5.74) is 1.09. The lowest BCUT2D eigenvalue weighted by molar-refractivity contribution is -0.134. The van der Waals surface area contributed by atoms with Gasteiger partial charge in [0.2, 0.25) is 5.91 Å². The Labute approximate surface area is 110 Å². The molecule has 92 valence electrons. The molecule has 1 saturated heterocycles. The molecule has 0 aliphatic carbocycles. The van der Waals surface area contributed by atoms with Crippen molar-refractivity contribution in [2.45, 2.75) is 32.7 Å². The van der Waals surface area contributed by atoms with Gasteiger partial charge in [0.15, 0.2) is 0 Å². The van der Waals surface area contributed by atoms with Gasteiger partial charge in [-0.15, -0.1) is 0 Å². The second kappa shape index (κ2) is 5.63. The van der Waals surface area contributed by atoms with E-state index in [1.54, 1.807) is 6.20 Å². The molecule has 3 nitrogen and oxygen atoms in total. The van der Waals surface area contributed by atoms with Crippen molar-refractivity contribution in [1.82, 2.24) is 9.88 Å². The Bertz CT molecular complexity index is 408. The van der Waals surface area contributed by atoms with Crippen molar-refractivity contribution in [2.75, 3.05) is 6.54 Å². The molecule has 1 aliphatic heterocycles. The number of carbonyl (C=O) groups is 1. The molecule has 0 N–H and O–H groups in total. The Morgan fingerprint density at radius 1 is 1.47 bits per heavy atom. The number of halogens is 1. The molecule has 1 unspecified atom stereocenters. The van der Waals surface area contributed by atoms with E-state index in [-0.39, 0.29) is 11.8 Å². The van der Waals surface area contributed by atoms with Gasteiger partial charge in [-0.25, -0.2) is 0 Å². The number of amides is 1. The highest BCUT2D eigenvalue weighted by Gasteiger charge is 2.23. The molecule has 0 bridgehead atoms. The summed E-state index contributed by atoms with van der Waals surface area (Å²) in [6, 6.07) is 2.02. The number of pyridine rings is 1. The van der Waals surface area contributed by atoms with Gasteiger partial charge in [0.25, 0.3) is 0 Å². The SMILES string of the molecule is CC1CCCCN(Cc2cncc(Br)c2)C1=O. The molecule has 1 aromatic heterocycles. The lowest BCUT2D eigenvalue weighted by Gasteiger charge is -2.22. The van der Waals surface area contributed by atoms with Crippen molar-refractivity contribution in [2.24, 2.45) is 5.92 Å². The average Bonchev–Trinajstić information content (AvgIpc) is 2.45. The fraction of sp³-hybridized carbons (Fsp3) is 0.538. The van der Waals surface area contributed by atoms with Gasteiger partial charge in [-0.3, -0.25) is 9.78 Å². The molecule has 1 fully saturated rings. The van der Waals surface area contributed by atoms with Crippen molar-refractivity contribution in [3.63, 3.8) is 0 Å². The maximum Gasteiger partial charge on any atom is 0.225 e. The lowest BCUT2D eigenvalue weighted by atomic mass is 10.1. The molecule has 2 rings (SSSR count). The maximum absolute atomic E-state index is 12.1. The normalized spacial score (nSPS) is 21.4. The molecule has 17 heavy (non-hydrogen) atoms. The van der Waals surface area contributed by atoms with Crippen molar-refractivity contribution < 1.29 is 4.79 Å². The third-order valence-corrected chi connectivity index (χ3v) is 3.62. The zero-order chi connectivity index (χ0) is 12.3. The second-order valence-corrected chi connectivity index (χ2v) is 5.58. The Morgan fingerprint density at radius 2 is 2.29 bits per heavy atom. The standard InChI is InChI=1S/C13H17BrN2O/c1-10-4-2-3-5-16(13(10)17)9-11-6-12(14)8-15-7-11/h6-8,10H,2-5,9H2,1H3. The predicted molar refractivity (Wildman–Crippen MR) is 70.4 cm³/mol. The monoisotopic (exact) mass is 296 g/mol. The van der Waals surface area contributed by atoms with Gasteiger partial charge in [0, 0.05) is 35.9 Å². The fourth-order valence-corrected chi connectivity index (χ4v) is 2.63. The lowest BCUT2D eigenvalue weighted by Crippen LogP contribution is -2.33. The van der Waals surface area contributed by atoms with E-state index in [9.17, 15) is 4.79 Å². The Morgan fingerprint density at radius 3 is 3.06 bits per heavy atom. The van der Waals surface area contributed by atoms with Crippen LogP contribution in [0.3, 0.4) is 0 Å². The van der Waals surface area contributed by atoms with Crippen LogP contribution >= 0.6 is 15.9 Å². The highest BCUT2D eigenvalue weighted by atomic mass is 79.9. The summed E-state index contributed by atoms with van der Waals surface area (Å²) in [6.07, 6.45) is 6.87. The van der Waals surface area contributed by atoms with Crippen LogP contribution in [0.2, 0.25) is 0 Å². The Hall–Kier alpha value is -0.900. The first kappa shape index (κ1) is 12.6. The Kier molecular flexibility index (Phi) is 4.15. The van der Waals surface area contributed by atoms with Crippen LogP contribution in [-0.2, 0) is 11.3 Å². The van der Waals surface area contributed by atoms with Gasteiger partial charge in [-0.1, -0.05) is 13.3 Å². The minimum absolute atomic E-state index is 0.164. The van der Waals surface area contributed by atoms with Crippen molar-refractivity contribution >= 4 is 21.8 Å². The van der Waals surface area contributed by atoms with Gasteiger partial charge in [-0.05, 0) is 40.4 Å². The molecule has 0 spiro atoms. The van der Waals surface area contributed by atoms with E-state index >= 15 is 0 Å². The van der Waals surface area contributed by atoms with Crippen LogP contribution in [0.4, 0.5) is 0 Å².